The van der Waals surface area contributed by atoms with E-state index in [2.05, 4.69) is 16.9 Å². The number of imidazole rings is 1. The SMILES string of the molecule is CCCCCCCCCCOC1O[C@H](CO)[C@@H](O)[C@H](O)[C@H]1OS(=O)(=O)c1ccc2nc(-c3ccccc3)[nH]c2c1. The van der Waals surface area contributed by atoms with E-state index in [0.29, 0.717) is 16.9 Å². The third-order valence-corrected chi connectivity index (χ3v) is 8.44. The normalized spacial score (nSPS) is 23.6. The largest absolute Gasteiger partial charge is 0.394 e. The van der Waals surface area contributed by atoms with Gasteiger partial charge in [-0.25, -0.2) is 4.98 Å². The number of aromatic amines is 1. The summed E-state index contributed by atoms with van der Waals surface area (Å²) < 4.78 is 43.4. The van der Waals surface area contributed by atoms with Gasteiger partial charge in [-0.05, 0) is 24.6 Å². The first-order chi connectivity index (χ1) is 19.3. The van der Waals surface area contributed by atoms with Crippen LogP contribution in [0.1, 0.15) is 58.3 Å². The molecule has 0 bridgehead atoms. The van der Waals surface area contributed by atoms with Crippen molar-refractivity contribution in [1.82, 2.24) is 9.97 Å². The zero-order valence-corrected chi connectivity index (χ0v) is 23.6. The summed E-state index contributed by atoms with van der Waals surface area (Å²) in [5.74, 6) is 0.592. The highest BCUT2D eigenvalue weighted by Gasteiger charge is 2.48. The number of hydrogen-bond acceptors (Lipinski definition) is 9. The van der Waals surface area contributed by atoms with Crippen LogP contribution in [0.5, 0.6) is 0 Å². The summed E-state index contributed by atoms with van der Waals surface area (Å²) in [6.07, 6.45) is 1.57. The summed E-state index contributed by atoms with van der Waals surface area (Å²) in [6.45, 7) is 1.86. The molecule has 1 saturated heterocycles. The molecule has 0 aliphatic carbocycles. The minimum absolute atomic E-state index is 0.156. The van der Waals surface area contributed by atoms with Crippen molar-refractivity contribution >= 4 is 21.2 Å². The van der Waals surface area contributed by atoms with E-state index in [1.165, 1.54) is 37.8 Å². The lowest BCUT2D eigenvalue weighted by molar-refractivity contribution is -0.295. The van der Waals surface area contributed by atoms with Crippen molar-refractivity contribution < 1.29 is 37.4 Å². The molecule has 10 nitrogen and oxygen atoms in total. The Morgan fingerprint density at radius 3 is 2.35 bits per heavy atom. The smallest absolute Gasteiger partial charge is 0.297 e. The number of benzene rings is 2. The van der Waals surface area contributed by atoms with Gasteiger partial charge >= 0.3 is 0 Å². The first-order valence-corrected chi connectivity index (χ1v) is 15.5. The minimum atomic E-state index is -4.41. The average Bonchev–Trinajstić information content (AvgIpc) is 3.40. The molecular weight excluding hydrogens is 536 g/mol. The third kappa shape index (κ3) is 7.67. The summed E-state index contributed by atoms with van der Waals surface area (Å²) >= 11 is 0. The Hall–Kier alpha value is -2.38. The molecule has 1 aromatic heterocycles. The molecule has 2 aromatic carbocycles. The first kappa shape index (κ1) is 30.6. The van der Waals surface area contributed by atoms with Gasteiger partial charge in [0.25, 0.3) is 10.1 Å². The second-order valence-electron chi connectivity index (χ2n) is 10.2. The molecule has 0 spiro atoms. The number of aliphatic hydroxyl groups excluding tert-OH is 3. The third-order valence-electron chi connectivity index (χ3n) is 7.13. The highest BCUT2D eigenvalue weighted by molar-refractivity contribution is 7.86. The molecule has 0 saturated carbocycles. The van der Waals surface area contributed by atoms with Gasteiger partial charge in [-0.3, -0.25) is 4.18 Å². The summed E-state index contributed by atoms with van der Waals surface area (Å²) in [7, 11) is -4.41. The maximum Gasteiger partial charge on any atom is 0.297 e. The molecule has 4 rings (SSSR count). The van der Waals surface area contributed by atoms with Gasteiger partial charge < -0.3 is 29.8 Å². The van der Waals surface area contributed by atoms with Gasteiger partial charge in [0, 0.05) is 12.2 Å². The number of hydrogen-bond donors (Lipinski definition) is 4. The van der Waals surface area contributed by atoms with Crippen LogP contribution in [0.25, 0.3) is 22.4 Å². The van der Waals surface area contributed by atoms with Gasteiger partial charge in [0.05, 0.1) is 22.5 Å². The number of H-pyrrole nitrogens is 1. The lowest BCUT2D eigenvalue weighted by atomic mass is 9.99. The van der Waals surface area contributed by atoms with Gasteiger partial charge in [-0.2, -0.15) is 8.42 Å². The van der Waals surface area contributed by atoms with Crippen molar-refractivity contribution in [2.24, 2.45) is 0 Å². The van der Waals surface area contributed by atoms with Crippen LogP contribution in [0.4, 0.5) is 0 Å². The number of fused-ring (bicyclic) bond motifs is 1. The summed E-state index contributed by atoms with van der Waals surface area (Å²) in [5.41, 5.74) is 1.92. The van der Waals surface area contributed by atoms with E-state index in [9.17, 15) is 23.7 Å². The highest BCUT2D eigenvalue weighted by atomic mass is 32.2. The molecule has 3 aromatic rings. The number of aliphatic hydroxyl groups is 3. The van der Waals surface area contributed by atoms with Crippen LogP contribution in [0.15, 0.2) is 53.4 Å². The molecule has 2 heterocycles. The number of ether oxygens (including phenoxy) is 2. The lowest BCUT2D eigenvalue weighted by Gasteiger charge is -2.41. The van der Waals surface area contributed by atoms with E-state index in [-0.39, 0.29) is 11.5 Å². The molecule has 1 fully saturated rings. The zero-order valence-electron chi connectivity index (χ0n) is 22.8. The first-order valence-electron chi connectivity index (χ1n) is 14.1. The predicted molar refractivity (Wildman–Crippen MR) is 150 cm³/mol. The van der Waals surface area contributed by atoms with Gasteiger partial charge in [0.2, 0.25) is 0 Å². The van der Waals surface area contributed by atoms with Crippen LogP contribution in [-0.2, 0) is 23.8 Å². The van der Waals surface area contributed by atoms with Crippen LogP contribution in [0, 0.1) is 0 Å². The van der Waals surface area contributed by atoms with Crippen LogP contribution in [-0.4, -0.2) is 77.6 Å². The van der Waals surface area contributed by atoms with E-state index in [1.54, 1.807) is 6.07 Å². The molecule has 0 amide bonds. The average molecular weight is 577 g/mol. The van der Waals surface area contributed by atoms with Crippen LogP contribution >= 0.6 is 0 Å². The number of rotatable bonds is 15. The molecule has 5 atom stereocenters. The Balaban J connectivity index is 1.43. The summed E-state index contributed by atoms with van der Waals surface area (Å²) in [6, 6.07) is 13.8. The zero-order chi connectivity index (χ0) is 28.5. The summed E-state index contributed by atoms with van der Waals surface area (Å²) in [4.78, 5) is 7.49. The van der Waals surface area contributed by atoms with Crippen LogP contribution in [0.3, 0.4) is 0 Å². The van der Waals surface area contributed by atoms with Crippen LogP contribution < -0.4 is 0 Å². The molecule has 40 heavy (non-hydrogen) atoms. The van der Waals surface area contributed by atoms with Gasteiger partial charge in [0.15, 0.2) is 12.4 Å². The maximum absolute atomic E-state index is 13.3. The standard InChI is InChI=1S/C29H40N2O8S/c1-2-3-4-5-6-7-8-12-17-37-29-27(26(34)25(33)24(19-32)38-29)39-40(35,36)21-15-16-22-23(18-21)31-28(30-22)20-13-10-9-11-14-20/h9-11,13-16,18,24-27,29,32-34H,2-8,12,17,19H2,1H3,(H,30,31)/t24-,25-,26+,27-,29?/m1/s1. The van der Waals surface area contributed by atoms with Crippen LogP contribution in [0.2, 0.25) is 0 Å². The Bertz CT molecular complexity index is 1300. The van der Waals surface area contributed by atoms with Gasteiger partial charge in [-0.1, -0.05) is 82.2 Å². The van der Waals surface area contributed by atoms with Gasteiger partial charge in [0.1, 0.15) is 24.1 Å². The van der Waals surface area contributed by atoms with E-state index >= 15 is 0 Å². The Labute approximate surface area is 235 Å². The molecule has 220 valence electrons. The Morgan fingerprint density at radius 2 is 1.65 bits per heavy atom. The fourth-order valence-corrected chi connectivity index (χ4v) is 5.91. The maximum atomic E-state index is 13.3. The number of unbranched alkanes of at least 4 members (excludes halogenated alkanes) is 7. The van der Waals surface area contributed by atoms with Gasteiger partial charge in [-0.15, -0.1) is 0 Å². The molecule has 1 aliphatic heterocycles. The highest BCUT2D eigenvalue weighted by Crippen LogP contribution is 2.29. The second-order valence-corrected chi connectivity index (χ2v) is 11.8. The van der Waals surface area contributed by atoms with E-state index in [4.69, 9.17) is 13.7 Å². The lowest BCUT2D eigenvalue weighted by Crippen LogP contribution is -2.60. The van der Waals surface area contributed by atoms with E-state index in [0.717, 1.165) is 31.2 Å². The van der Waals surface area contributed by atoms with Crippen molar-refractivity contribution in [2.75, 3.05) is 13.2 Å². The monoisotopic (exact) mass is 576 g/mol. The topological polar surface area (TPSA) is 151 Å². The molecule has 1 aliphatic rings. The van der Waals surface area contributed by atoms with E-state index in [1.807, 2.05) is 30.3 Å². The van der Waals surface area contributed by atoms with Crippen molar-refractivity contribution in [1.29, 1.82) is 0 Å². The number of aromatic nitrogens is 2. The Kier molecular flexibility index (Phi) is 11.1. The van der Waals surface area contributed by atoms with Crippen molar-refractivity contribution in [3.63, 3.8) is 0 Å². The fraction of sp³-hybridized carbons (Fsp3) is 0.552. The quantitative estimate of drug-likeness (QED) is 0.156. The number of nitrogens with one attached hydrogen (secondary N) is 1. The molecule has 1 unspecified atom stereocenters. The van der Waals surface area contributed by atoms with Crippen molar-refractivity contribution in [3.8, 4) is 11.4 Å². The number of nitrogens with zero attached hydrogens (tertiary/aromatic N) is 1. The molecule has 11 heteroatoms. The molecule has 0 radical (unpaired) electrons. The fourth-order valence-electron chi connectivity index (χ4n) is 4.81. The molecule has 4 N–H and O–H groups in total. The van der Waals surface area contributed by atoms with Crippen molar-refractivity contribution in [3.05, 3.63) is 48.5 Å². The molecular formula is C29H40N2O8S. The second kappa shape index (κ2) is 14.5. The minimum Gasteiger partial charge on any atom is -0.394 e. The predicted octanol–water partition coefficient (Wildman–Crippen LogP) is 3.90. The van der Waals surface area contributed by atoms with E-state index < -0.39 is 47.4 Å². The summed E-state index contributed by atoms with van der Waals surface area (Å²) in [5, 5.41) is 30.7. The Morgan fingerprint density at radius 1 is 0.950 bits per heavy atom. The van der Waals surface area contributed by atoms with Crippen molar-refractivity contribution in [2.45, 2.75) is 93.9 Å².